The molecule has 0 bridgehead atoms. The van der Waals surface area contributed by atoms with E-state index in [0.29, 0.717) is 12.4 Å². The molecule has 0 radical (unpaired) electrons. The first kappa shape index (κ1) is 10.0. The van der Waals surface area contributed by atoms with E-state index >= 15 is 0 Å². The molecule has 16 heavy (non-hydrogen) atoms. The van der Waals surface area contributed by atoms with Gasteiger partial charge in [-0.25, -0.2) is 8.78 Å². The first-order valence-corrected chi connectivity index (χ1v) is 5.54. The van der Waals surface area contributed by atoms with Crippen LogP contribution in [0, 0.1) is 11.6 Å². The summed E-state index contributed by atoms with van der Waals surface area (Å²) in [6.07, 6.45) is 1.84. The Morgan fingerprint density at radius 1 is 1.12 bits per heavy atom. The third-order valence-corrected chi connectivity index (χ3v) is 3.66. The third kappa shape index (κ3) is 1.33. The van der Waals surface area contributed by atoms with Gasteiger partial charge in [0.2, 0.25) is 0 Å². The molecule has 0 saturated carbocycles. The van der Waals surface area contributed by atoms with Crippen molar-refractivity contribution in [2.24, 2.45) is 0 Å². The average molecular weight is 225 g/mol. The second-order valence-electron chi connectivity index (χ2n) is 4.58. The molecule has 2 aliphatic heterocycles. The standard InChI is InChI=1S/C12H13F2NO/c13-9-5-8-11(6-10(9)14)16-7-12(8)1-3-15-4-2-12/h5-6,15H,1-4,7H2. The number of halogens is 2. The SMILES string of the molecule is Fc1cc2c(cc1F)C1(CCNCC1)CO2. The molecule has 1 saturated heterocycles. The molecule has 2 heterocycles. The minimum Gasteiger partial charge on any atom is -0.492 e. The molecule has 1 spiro atoms. The van der Waals surface area contributed by atoms with Crippen molar-refractivity contribution in [2.45, 2.75) is 18.3 Å². The van der Waals surface area contributed by atoms with Crippen molar-refractivity contribution >= 4 is 0 Å². The maximum Gasteiger partial charge on any atom is 0.162 e. The summed E-state index contributed by atoms with van der Waals surface area (Å²) in [5.41, 5.74) is 0.739. The van der Waals surface area contributed by atoms with Crippen molar-refractivity contribution in [1.29, 1.82) is 0 Å². The van der Waals surface area contributed by atoms with Gasteiger partial charge in [-0.1, -0.05) is 0 Å². The van der Waals surface area contributed by atoms with E-state index in [1.807, 2.05) is 0 Å². The fraction of sp³-hybridized carbons (Fsp3) is 0.500. The Bertz CT molecular complexity index is 427. The smallest absolute Gasteiger partial charge is 0.162 e. The predicted molar refractivity (Wildman–Crippen MR) is 55.6 cm³/mol. The van der Waals surface area contributed by atoms with Crippen LogP contribution in [-0.4, -0.2) is 19.7 Å². The summed E-state index contributed by atoms with van der Waals surface area (Å²) in [5, 5.41) is 3.27. The van der Waals surface area contributed by atoms with Crippen molar-refractivity contribution in [2.75, 3.05) is 19.7 Å². The highest BCUT2D eigenvalue weighted by molar-refractivity contribution is 5.44. The lowest BCUT2D eigenvalue weighted by molar-refractivity contribution is 0.220. The van der Waals surface area contributed by atoms with Crippen LogP contribution in [0.5, 0.6) is 5.75 Å². The molecule has 1 fully saturated rings. The molecule has 0 unspecified atom stereocenters. The Kier molecular flexibility index (Phi) is 2.14. The zero-order chi connectivity index (χ0) is 11.2. The summed E-state index contributed by atoms with van der Waals surface area (Å²) in [4.78, 5) is 0. The van der Waals surface area contributed by atoms with E-state index in [2.05, 4.69) is 5.32 Å². The highest BCUT2D eigenvalue weighted by Crippen LogP contribution is 2.44. The molecule has 2 nitrogen and oxygen atoms in total. The molecule has 1 N–H and O–H groups in total. The molecule has 0 aliphatic carbocycles. The average Bonchev–Trinajstić information content (AvgIpc) is 2.60. The van der Waals surface area contributed by atoms with Crippen molar-refractivity contribution < 1.29 is 13.5 Å². The lowest BCUT2D eigenvalue weighted by atomic mass is 9.75. The molecule has 4 heteroatoms. The van der Waals surface area contributed by atoms with Gasteiger partial charge in [-0.3, -0.25) is 0 Å². The fourth-order valence-corrected chi connectivity index (χ4v) is 2.68. The summed E-state index contributed by atoms with van der Waals surface area (Å²) in [6, 6.07) is 2.48. The Hall–Kier alpha value is -1.16. The first-order chi connectivity index (χ1) is 7.71. The van der Waals surface area contributed by atoms with Gasteiger partial charge in [0, 0.05) is 17.0 Å². The van der Waals surface area contributed by atoms with E-state index in [4.69, 9.17) is 4.74 Å². The Morgan fingerprint density at radius 3 is 2.56 bits per heavy atom. The maximum absolute atomic E-state index is 13.3. The number of rotatable bonds is 0. The molecule has 1 aromatic rings. The van der Waals surface area contributed by atoms with Crippen LogP contribution in [-0.2, 0) is 5.41 Å². The van der Waals surface area contributed by atoms with Crippen molar-refractivity contribution in [3.05, 3.63) is 29.3 Å². The van der Waals surface area contributed by atoms with Gasteiger partial charge in [-0.15, -0.1) is 0 Å². The summed E-state index contributed by atoms with van der Waals surface area (Å²) in [5.74, 6) is -1.09. The number of hydrogen-bond donors (Lipinski definition) is 1. The van der Waals surface area contributed by atoms with Crippen molar-refractivity contribution in [1.82, 2.24) is 5.32 Å². The van der Waals surface area contributed by atoms with Crippen molar-refractivity contribution in [3.63, 3.8) is 0 Å². The number of piperidine rings is 1. The minimum absolute atomic E-state index is 0.102. The van der Waals surface area contributed by atoms with E-state index in [1.165, 1.54) is 12.1 Å². The molecule has 0 aromatic heterocycles. The molecular weight excluding hydrogens is 212 g/mol. The van der Waals surface area contributed by atoms with Crippen molar-refractivity contribution in [3.8, 4) is 5.75 Å². The number of benzene rings is 1. The largest absolute Gasteiger partial charge is 0.492 e. The van der Waals surface area contributed by atoms with Crippen LogP contribution in [0.25, 0.3) is 0 Å². The Morgan fingerprint density at radius 2 is 1.81 bits per heavy atom. The molecule has 3 rings (SSSR count). The van der Waals surface area contributed by atoms with Crippen LogP contribution in [0.3, 0.4) is 0 Å². The topological polar surface area (TPSA) is 21.3 Å². The van der Waals surface area contributed by atoms with Crippen LogP contribution < -0.4 is 10.1 Å². The minimum atomic E-state index is -0.829. The lowest BCUT2D eigenvalue weighted by Crippen LogP contribution is -2.41. The van der Waals surface area contributed by atoms with Crippen LogP contribution in [0.2, 0.25) is 0 Å². The van der Waals surface area contributed by atoms with E-state index in [-0.39, 0.29) is 5.41 Å². The fourth-order valence-electron chi connectivity index (χ4n) is 2.68. The highest BCUT2D eigenvalue weighted by Gasteiger charge is 2.42. The summed E-state index contributed by atoms with van der Waals surface area (Å²) < 4.78 is 31.8. The van der Waals surface area contributed by atoms with Crippen LogP contribution in [0.4, 0.5) is 8.78 Å². The Labute approximate surface area is 92.6 Å². The third-order valence-electron chi connectivity index (χ3n) is 3.66. The van der Waals surface area contributed by atoms with E-state index in [9.17, 15) is 8.78 Å². The zero-order valence-corrected chi connectivity index (χ0v) is 8.85. The van der Waals surface area contributed by atoms with Gasteiger partial charge in [0.15, 0.2) is 11.6 Å². The van der Waals surface area contributed by atoms with E-state index in [0.717, 1.165) is 31.5 Å². The molecule has 0 amide bonds. The van der Waals surface area contributed by atoms with Gasteiger partial charge in [-0.2, -0.15) is 0 Å². The molecule has 1 aromatic carbocycles. The van der Waals surface area contributed by atoms with Crippen LogP contribution in [0.1, 0.15) is 18.4 Å². The lowest BCUT2D eigenvalue weighted by Gasteiger charge is -2.32. The quantitative estimate of drug-likeness (QED) is 0.729. The summed E-state index contributed by atoms with van der Waals surface area (Å²) >= 11 is 0. The summed E-state index contributed by atoms with van der Waals surface area (Å²) in [6.45, 7) is 2.36. The van der Waals surface area contributed by atoms with Gasteiger partial charge >= 0.3 is 0 Å². The van der Waals surface area contributed by atoms with Gasteiger partial charge in [-0.05, 0) is 32.0 Å². The predicted octanol–water partition coefficient (Wildman–Crippen LogP) is 1.98. The Balaban J connectivity index is 2.07. The number of hydrogen-bond acceptors (Lipinski definition) is 2. The second kappa shape index (κ2) is 3.42. The summed E-state index contributed by atoms with van der Waals surface area (Å²) in [7, 11) is 0. The second-order valence-corrected chi connectivity index (χ2v) is 4.58. The monoisotopic (exact) mass is 225 g/mol. The number of fused-ring (bicyclic) bond motifs is 2. The van der Waals surface area contributed by atoms with Crippen LogP contribution in [0.15, 0.2) is 12.1 Å². The molecule has 86 valence electrons. The normalized spacial score (nSPS) is 21.9. The zero-order valence-electron chi connectivity index (χ0n) is 8.85. The van der Waals surface area contributed by atoms with Gasteiger partial charge < -0.3 is 10.1 Å². The number of ether oxygens (including phenoxy) is 1. The van der Waals surface area contributed by atoms with E-state index in [1.54, 1.807) is 0 Å². The highest BCUT2D eigenvalue weighted by atomic mass is 19.2. The maximum atomic E-state index is 13.3. The molecule has 0 atom stereocenters. The van der Waals surface area contributed by atoms with Gasteiger partial charge in [0.05, 0.1) is 6.61 Å². The molecule has 2 aliphatic rings. The number of nitrogens with one attached hydrogen (secondary N) is 1. The van der Waals surface area contributed by atoms with Gasteiger partial charge in [0.1, 0.15) is 5.75 Å². The molecular formula is C12H13F2NO. The first-order valence-electron chi connectivity index (χ1n) is 5.54. The van der Waals surface area contributed by atoms with Crippen LogP contribution >= 0.6 is 0 Å². The van der Waals surface area contributed by atoms with Gasteiger partial charge in [0.25, 0.3) is 0 Å². The van der Waals surface area contributed by atoms with E-state index < -0.39 is 11.6 Å².